The molecule has 1 atom stereocenters. The number of hydrogen-bond acceptors (Lipinski definition) is 0. The van der Waals surface area contributed by atoms with Crippen molar-refractivity contribution in [2.45, 2.75) is 39.0 Å². The Hall–Kier alpha value is -0.200. The van der Waals surface area contributed by atoms with Crippen molar-refractivity contribution in [1.29, 1.82) is 0 Å². The van der Waals surface area contributed by atoms with Gasteiger partial charge in [-0.1, -0.05) is 49.5 Å². The summed E-state index contributed by atoms with van der Waals surface area (Å²) in [6.07, 6.45) is 3.58. The fraction of sp³-hybridized carbons (Fsp3) is 0.500. The second kappa shape index (κ2) is 5.63. The van der Waals surface area contributed by atoms with Crippen molar-refractivity contribution < 1.29 is 0 Å². The van der Waals surface area contributed by atoms with Crippen LogP contribution in [-0.2, 0) is 0 Å². The Bertz CT molecular complexity index is 294. The van der Waals surface area contributed by atoms with Crippen molar-refractivity contribution in [1.82, 2.24) is 0 Å². The van der Waals surface area contributed by atoms with Crippen molar-refractivity contribution >= 4 is 23.2 Å². The quantitative estimate of drug-likeness (QED) is 0.660. The lowest BCUT2D eigenvalue weighted by Crippen LogP contribution is -1.96. The fourth-order valence-electron chi connectivity index (χ4n) is 1.72. The first kappa shape index (κ1) is 11.9. The minimum atomic E-state index is 0.620. The Balaban J connectivity index is 2.88. The van der Waals surface area contributed by atoms with Crippen LogP contribution in [0.4, 0.5) is 0 Å². The van der Waals surface area contributed by atoms with E-state index in [0.717, 1.165) is 6.42 Å². The smallest absolute Gasteiger partial charge is 0.0595 e. The molecular weight excluding hydrogens is 215 g/mol. The van der Waals surface area contributed by atoms with Gasteiger partial charge < -0.3 is 0 Å². The molecule has 0 spiro atoms. The SMILES string of the molecule is CCC[C@H](CC)c1ccc(Cl)c(Cl)c1. The monoisotopic (exact) mass is 230 g/mol. The Labute approximate surface area is 96.2 Å². The molecule has 1 aromatic rings. The first-order chi connectivity index (χ1) is 6.69. The standard InChI is InChI=1S/C12H16Cl2/c1-3-5-9(4-2)10-6-7-11(13)12(14)8-10/h6-9H,3-5H2,1-2H3/t9-/m0/s1. The van der Waals surface area contributed by atoms with Crippen LogP contribution in [0.2, 0.25) is 10.0 Å². The molecule has 0 fully saturated rings. The molecule has 14 heavy (non-hydrogen) atoms. The van der Waals surface area contributed by atoms with Crippen LogP contribution in [0.1, 0.15) is 44.6 Å². The van der Waals surface area contributed by atoms with E-state index in [1.165, 1.54) is 18.4 Å². The Morgan fingerprint density at radius 1 is 1.14 bits per heavy atom. The summed E-state index contributed by atoms with van der Waals surface area (Å²) in [6, 6.07) is 5.96. The van der Waals surface area contributed by atoms with E-state index in [0.29, 0.717) is 16.0 Å². The van der Waals surface area contributed by atoms with Gasteiger partial charge in [-0.2, -0.15) is 0 Å². The summed E-state index contributed by atoms with van der Waals surface area (Å²) in [6.45, 7) is 4.42. The normalized spacial score (nSPS) is 12.9. The summed E-state index contributed by atoms with van der Waals surface area (Å²) in [5.41, 5.74) is 1.31. The fourth-order valence-corrected chi connectivity index (χ4v) is 2.03. The van der Waals surface area contributed by atoms with E-state index in [1.54, 1.807) is 0 Å². The zero-order valence-electron chi connectivity index (χ0n) is 8.69. The van der Waals surface area contributed by atoms with E-state index < -0.39 is 0 Å². The van der Waals surface area contributed by atoms with E-state index in [2.05, 4.69) is 19.9 Å². The van der Waals surface area contributed by atoms with Gasteiger partial charge >= 0.3 is 0 Å². The topological polar surface area (TPSA) is 0 Å². The highest BCUT2D eigenvalue weighted by atomic mass is 35.5. The van der Waals surface area contributed by atoms with Gasteiger partial charge in [-0.25, -0.2) is 0 Å². The average molecular weight is 231 g/mol. The minimum absolute atomic E-state index is 0.620. The maximum Gasteiger partial charge on any atom is 0.0595 e. The second-order valence-corrected chi connectivity index (χ2v) is 4.38. The number of rotatable bonds is 4. The third kappa shape index (κ3) is 2.90. The van der Waals surface area contributed by atoms with Gasteiger partial charge in [-0.05, 0) is 36.5 Å². The van der Waals surface area contributed by atoms with Crippen molar-refractivity contribution in [3.63, 3.8) is 0 Å². The summed E-state index contributed by atoms with van der Waals surface area (Å²) >= 11 is 11.9. The highest BCUT2D eigenvalue weighted by Gasteiger charge is 2.09. The molecule has 1 aromatic carbocycles. The molecule has 0 aliphatic rings. The van der Waals surface area contributed by atoms with Crippen molar-refractivity contribution in [3.05, 3.63) is 33.8 Å². The Kier molecular flexibility index (Phi) is 4.77. The first-order valence-corrected chi connectivity index (χ1v) is 5.89. The van der Waals surface area contributed by atoms with Gasteiger partial charge in [0.15, 0.2) is 0 Å². The first-order valence-electron chi connectivity index (χ1n) is 5.14. The minimum Gasteiger partial charge on any atom is -0.0827 e. The van der Waals surface area contributed by atoms with Crippen molar-refractivity contribution in [2.24, 2.45) is 0 Å². The van der Waals surface area contributed by atoms with Crippen LogP contribution in [0.15, 0.2) is 18.2 Å². The Morgan fingerprint density at radius 2 is 1.86 bits per heavy atom. The predicted octanol–water partition coefficient (Wildman–Crippen LogP) is 5.29. The lowest BCUT2D eigenvalue weighted by Gasteiger charge is -2.14. The number of benzene rings is 1. The van der Waals surface area contributed by atoms with Gasteiger partial charge in [0.25, 0.3) is 0 Å². The molecule has 0 nitrogen and oxygen atoms in total. The molecule has 2 heteroatoms. The molecule has 78 valence electrons. The third-order valence-electron chi connectivity index (χ3n) is 2.54. The lowest BCUT2D eigenvalue weighted by molar-refractivity contribution is 0.596. The molecule has 0 radical (unpaired) electrons. The average Bonchev–Trinajstić information content (AvgIpc) is 2.19. The van der Waals surface area contributed by atoms with E-state index in [1.807, 2.05) is 12.1 Å². The van der Waals surface area contributed by atoms with E-state index in [9.17, 15) is 0 Å². The van der Waals surface area contributed by atoms with Crippen LogP contribution >= 0.6 is 23.2 Å². The zero-order chi connectivity index (χ0) is 10.6. The second-order valence-electron chi connectivity index (χ2n) is 3.57. The molecule has 0 bridgehead atoms. The van der Waals surface area contributed by atoms with Crippen LogP contribution < -0.4 is 0 Å². The summed E-state index contributed by atoms with van der Waals surface area (Å²) in [7, 11) is 0. The summed E-state index contributed by atoms with van der Waals surface area (Å²) in [5.74, 6) is 0.620. The van der Waals surface area contributed by atoms with Gasteiger partial charge in [0.1, 0.15) is 0 Å². The third-order valence-corrected chi connectivity index (χ3v) is 3.28. The van der Waals surface area contributed by atoms with Gasteiger partial charge in [-0.15, -0.1) is 0 Å². The highest BCUT2D eigenvalue weighted by molar-refractivity contribution is 6.42. The van der Waals surface area contributed by atoms with Crippen LogP contribution in [0.3, 0.4) is 0 Å². The van der Waals surface area contributed by atoms with E-state index >= 15 is 0 Å². The lowest BCUT2D eigenvalue weighted by atomic mass is 9.92. The van der Waals surface area contributed by atoms with E-state index in [4.69, 9.17) is 23.2 Å². The number of hydrogen-bond donors (Lipinski definition) is 0. The largest absolute Gasteiger partial charge is 0.0827 e. The molecular formula is C12H16Cl2. The maximum atomic E-state index is 5.98. The molecule has 0 saturated carbocycles. The van der Waals surface area contributed by atoms with Gasteiger partial charge in [0, 0.05) is 0 Å². The zero-order valence-corrected chi connectivity index (χ0v) is 10.2. The highest BCUT2D eigenvalue weighted by Crippen LogP contribution is 2.30. The molecule has 0 saturated heterocycles. The molecule has 0 aliphatic heterocycles. The molecule has 0 amide bonds. The molecule has 0 N–H and O–H groups in total. The van der Waals surface area contributed by atoms with Gasteiger partial charge in [0.05, 0.1) is 10.0 Å². The van der Waals surface area contributed by atoms with Gasteiger partial charge in [-0.3, -0.25) is 0 Å². The summed E-state index contributed by atoms with van der Waals surface area (Å²) in [5, 5.41) is 1.31. The molecule has 1 rings (SSSR count). The van der Waals surface area contributed by atoms with Crippen LogP contribution in [0, 0.1) is 0 Å². The maximum absolute atomic E-state index is 5.98. The molecule has 0 aliphatic carbocycles. The molecule has 0 aromatic heterocycles. The van der Waals surface area contributed by atoms with Crippen LogP contribution in [0.25, 0.3) is 0 Å². The number of halogens is 2. The van der Waals surface area contributed by atoms with Crippen LogP contribution in [-0.4, -0.2) is 0 Å². The van der Waals surface area contributed by atoms with Crippen molar-refractivity contribution in [3.8, 4) is 0 Å². The summed E-state index contributed by atoms with van der Waals surface area (Å²) in [4.78, 5) is 0. The molecule has 0 unspecified atom stereocenters. The summed E-state index contributed by atoms with van der Waals surface area (Å²) < 4.78 is 0. The van der Waals surface area contributed by atoms with Crippen LogP contribution in [0.5, 0.6) is 0 Å². The van der Waals surface area contributed by atoms with Gasteiger partial charge in [0.2, 0.25) is 0 Å². The van der Waals surface area contributed by atoms with Crippen molar-refractivity contribution in [2.75, 3.05) is 0 Å². The van der Waals surface area contributed by atoms with E-state index in [-0.39, 0.29) is 0 Å². The predicted molar refractivity (Wildman–Crippen MR) is 64.4 cm³/mol. The molecule has 0 heterocycles. The Morgan fingerprint density at radius 3 is 2.36 bits per heavy atom.